The van der Waals surface area contributed by atoms with Crippen molar-refractivity contribution in [2.24, 2.45) is 5.84 Å². The quantitative estimate of drug-likeness (QED) is 0.374. The van der Waals surface area contributed by atoms with Gasteiger partial charge in [0.15, 0.2) is 0 Å². The fourth-order valence-corrected chi connectivity index (χ4v) is 1.84. The second-order valence-corrected chi connectivity index (χ2v) is 5.22. The van der Waals surface area contributed by atoms with E-state index in [4.69, 9.17) is 5.84 Å². The van der Waals surface area contributed by atoms with E-state index in [9.17, 15) is 14.3 Å². The fourth-order valence-electron chi connectivity index (χ4n) is 1.22. The first-order valence-electron chi connectivity index (χ1n) is 5.28. The minimum atomic E-state index is -0.886. The zero-order chi connectivity index (χ0) is 13.5. The monoisotopic (exact) mass is 273 g/mol. The molecule has 0 aliphatic heterocycles. The number of nitrogens with two attached hydrogens (primary N) is 1. The van der Waals surface area contributed by atoms with Gasteiger partial charge in [0.1, 0.15) is 11.6 Å². The van der Waals surface area contributed by atoms with Crippen LogP contribution < -0.4 is 16.6 Å². The number of hydrogen-bond donors (Lipinski definition) is 3. The average Bonchev–Trinajstić information content (AvgIpc) is 2.37. The van der Waals surface area contributed by atoms with Crippen LogP contribution in [-0.2, 0) is 10.8 Å². The van der Waals surface area contributed by atoms with Crippen molar-refractivity contribution >= 4 is 28.1 Å². The summed E-state index contributed by atoms with van der Waals surface area (Å²) >= 11 is 0. The molecule has 0 saturated heterocycles. The average molecular weight is 273 g/mol. The number of pyridine rings is 1. The van der Waals surface area contributed by atoms with Crippen molar-refractivity contribution in [1.29, 1.82) is 0 Å². The lowest BCUT2D eigenvalue weighted by molar-refractivity contribution is -0.384. The summed E-state index contributed by atoms with van der Waals surface area (Å²) in [6, 6.07) is 2.53. The predicted octanol–water partition coefficient (Wildman–Crippen LogP) is 0.456. The highest BCUT2D eigenvalue weighted by atomic mass is 32.2. The van der Waals surface area contributed by atoms with Crippen molar-refractivity contribution in [2.75, 3.05) is 28.8 Å². The molecule has 1 unspecified atom stereocenters. The van der Waals surface area contributed by atoms with Gasteiger partial charge >= 0.3 is 0 Å². The molecule has 1 aromatic heterocycles. The van der Waals surface area contributed by atoms with Crippen LogP contribution in [-0.4, -0.2) is 32.2 Å². The Morgan fingerprint density at radius 2 is 2.17 bits per heavy atom. The molecule has 1 aromatic rings. The number of nitrogens with one attached hydrogen (secondary N) is 2. The minimum Gasteiger partial charge on any atom is -0.369 e. The summed E-state index contributed by atoms with van der Waals surface area (Å²) in [5.74, 6) is 6.74. The molecule has 1 heterocycles. The zero-order valence-electron chi connectivity index (χ0n) is 9.88. The SMILES string of the molecule is CCS(=O)CCNc1cc([N+](=O)[O-])cc(NN)n1. The molecule has 0 fully saturated rings. The van der Waals surface area contributed by atoms with E-state index >= 15 is 0 Å². The largest absolute Gasteiger partial charge is 0.369 e. The number of nitrogen functional groups attached to an aromatic ring is 1. The molecular formula is C9H15N5O3S. The fraction of sp³-hybridized carbons (Fsp3) is 0.444. The summed E-state index contributed by atoms with van der Waals surface area (Å²) in [5, 5.41) is 13.6. The first kappa shape index (κ1) is 14.3. The van der Waals surface area contributed by atoms with Gasteiger partial charge in [-0.1, -0.05) is 6.92 Å². The number of aromatic nitrogens is 1. The summed E-state index contributed by atoms with van der Waals surface area (Å²) in [4.78, 5) is 14.2. The lowest BCUT2D eigenvalue weighted by Crippen LogP contribution is -2.14. The van der Waals surface area contributed by atoms with Gasteiger partial charge < -0.3 is 10.7 Å². The van der Waals surface area contributed by atoms with Crippen LogP contribution >= 0.6 is 0 Å². The van der Waals surface area contributed by atoms with Crippen molar-refractivity contribution in [2.45, 2.75) is 6.92 Å². The third-order valence-electron chi connectivity index (χ3n) is 2.13. The highest BCUT2D eigenvalue weighted by molar-refractivity contribution is 7.84. The van der Waals surface area contributed by atoms with Gasteiger partial charge in [-0.25, -0.2) is 10.8 Å². The van der Waals surface area contributed by atoms with Gasteiger partial charge in [-0.2, -0.15) is 0 Å². The number of nitrogens with zero attached hydrogens (tertiary/aromatic N) is 2. The summed E-state index contributed by atoms with van der Waals surface area (Å²) in [7, 11) is -0.886. The molecule has 0 radical (unpaired) electrons. The van der Waals surface area contributed by atoms with Crippen LogP contribution in [0.15, 0.2) is 12.1 Å². The Bertz CT molecular complexity index is 454. The van der Waals surface area contributed by atoms with Crippen molar-refractivity contribution in [3.05, 3.63) is 22.2 Å². The van der Waals surface area contributed by atoms with Gasteiger partial charge in [0.2, 0.25) is 0 Å². The molecule has 1 atom stereocenters. The Morgan fingerprint density at radius 1 is 1.50 bits per heavy atom. The molecule has 0 saturated carbocycles. The predicted molar refractivity (Wildman–Crippen MR) is 70.7 cm³/mol. The van der Waals surface area contributed by atoms with E-state index in [0.717, 1.165) is 0 Å². The van der Waals surface area contributed by atoms with E-state index in [0.29, 0.717) is 23.9 Å². The minimum absolute atomic E-state index is 0.114. The molecule has 8 nitrogen and oxygen atoms in total. The first-order chi connectivity index (χ1) is 8.56. The topological polar surface area (TPSA) is 123 Å². The van der Waals surface area contributed by atoms with E-state index < -0.39 is 15.7 Å². The number of hydrazine groups is 1. The van der Waals surface area contributed by atoms with Gasteiger partial charge in [-0.05, 0) is 0 Å². The Kier molecular flexibility index (Phi) is 5.46. The molecule has 0 amide bonds. The van der Waals surface area contributed by atoms with Crippen molar-refractivity contribution < 1.29 is 9.13 Å². The maximum Gasteiger partial charge on any atom is 0.276 e. The Balaban J connectivity index is 2.72. The van der Waals surface area contributed by atoms with E-state index in [1.54, 1.807) is 0 Å². The van der Waals surface area contributed by atoms with Crippen LogP contribution in [0.5, 0.6) is 0 Å². The molecular weight excluding hydrogens is 258 g/mol. The second kappa shape index (κ2) is 6.87. The molecule has 0 bridgehead atoms. The summed E-state index contributed by atoms with van der Waals surface area (Å²) in [6.45, 7) is 2.26. The molecule has 9 heteroatoms. The van der Waals surface area contributed by atoms with Crippen LogP contribution in [0.2, 0.25) is 0 Å². The van der Waals surface area contributed by atoms with Gasteiger partial charge in [0.25, 0.3) is 5.69 Å². The standard InChI is InChI=1S/C9H15N5O3S/c1-2-18(17)4-3-11-8-5-7(14(15)16)6-9(12-8)13-10/h5-6H,2-4,10H2,1H3,(H2,11,12,13). The zero-order valence-corrected chi connectivity index (χ0v) is 10.7. The summed E-state index contributed by atoms with van der Waals surface area (Å²) in [5.41, 5.74) is 2.14. The number of hydrogen-bond acceptors (Lipinski definition) is 7. The maximum absolute atomic E-state index is 11.2. The highest BCUT2D eigenvalue weighted by Crippen LogP contribution is 2.19. The molecule has 0 aliphatic rings. The lowest BCUT2D eigenvalue weighted by Gasteiger charge is -2.07. The van der Waals surface area contributed by atoms with Gasteiger partial charge in [-0.15, -0.1) is 0 Å². The molecule has 0 aliphatic carbocycles. The van der Waals surface area contributed by atoms with Crippen LogP contribution in [0.3, 0.4) is 0 Å². The van der Waals surface area contributed by atoms with Crippen molar-refractivity contribution in [1.82, 2.24) is 4.98 Å². The normalized spacial score (nSPS) is 11.9. The molecule has 1 rings (SSSR count). The Labute approximate surface area is 107 Å². The number of anilines is 2. The summed E-state index contributed by atoms with van der Waals surface area (Å²) in [6.07, 6.45) is 0. The molecule has 100 valence electrons. The van der Waals surface area contributed by atoms with Crippen LogP contribution in [0.1, 0.15) is 6.92 Å². The second-order valence-electron chi connectivity index (χ2n) is 3.36. The number of rotatable bonds is 7. The van der Waals surface area contributed by atoms with Crippen molar-refractivity contribution in [3.63, 3.8) is 0 Å². The molecule has 4 N–H and O–H groups in total. The van der Waals surface area contributed by atoms with Crippen LogP contribution in [0, 0.1) is 10.1 Å². The molecule has 18 heavy (non-hydrogen) atoms. The Morgan fingerprint density at radius 3 is 2.72 bits per heavy atom. The third kappa shape index (κ3) is 4.26. The molecule has 0 spiro atoms. The maximum atomic E-state index is 11.2. The lowest BCUT2D eigenvalue weighted by atomic mass is 10.3. The highest BCUT2D eigenvalue weighted by Gasteiger charge is 2.10. The van der Waals surface area contributed by atoms with Crippen LogP contribution in [0.4, 0.5) is 17.3 Å². The number of nitro groups is 1. The summed E-state index contributed by atoms with van der Waals surface area (Å²) < 4.78 is 11.2. The first-order valence-corrected chi connectivity index (χ1v) is 6.77. The smallest absolute Gasteiger partial charge is 0.276 e. The van der Waals surface area contributed by atoms with Crippen LogP contribution in [0.25, 0.3) is 0 Å². The van der Waals surface area contributed by atoms with Crippen molar-refractivity contribution in [3.8, 4) is 0 Å². The van der Waals surface area contributed by atoms with Gasteiger partial charge in [0, 0.05) is 28.9 Å². The van der Waals surface area contributed by atoms with Gasteiger partial charge in [0.05, 0.1) is 17.1 Å². The Hall–Kier alpha value is -1.74. The third-order valence-corrected chi connectivity index (χ3v) is 3.43. The van der Waals surface area contributed by atoms with E-state index in [-0.39, 0.29) is 11.5 Å². The van der Waals surface area contributed by atoms with Gasteiger partial charge in [-0.3, -0.25) is 14.3 Å². The van der Waals surface area contributed by atoms with E-state index in [2.05, 4.69) is 15.7 Å². The van der Waals surface area contributed by atoms with E-state index in [1.165, 1.54) is 12.1 Å². The molecule has 0 aromatic carbocycles. The van der Waals surface area contributed by atoms with E-state index in [1.807, 2.05) is 6.92 Å².